The van der Waals surface area contributed by atoms with Gasteiger partial charge < -0.3 is 15.2 Å². The number of nitrogens with zero attached hydrogens (tertiary/aromatic N) is 1. The molecule has 2 unspecified atom stereocenters. The minimum atomic E-state index is -0.581. The third-order valence-corrected chi connectivity index (χ3v) is 5.91. The van der Waals surface area contributed by atoms with Gasteiger partial charge in [-0.1, -0.05) is 36.4 Å². The van der Waals surface area contributed by atoms with Crippen molar-refractivity contribution in [2.75, 3.05) is 32.8 Å². The summed E-state index contributed by atoms with van der Waals surface area (Å²) in [7, 11) is 0. The Balaban J connectivity index is 1.25. The number of aliphatic hydroxyl groups is 1. The van der Waals surface area contributed by atoms with E-state index in [9.17, 15) is 9.90 Å². The molecule has 0 aliphatic carbocycles. The number of rotatable bonds is 7. The zero-order valence-electron chi connectivity index (χ0n) is 16.8. The molecule has 2 N–H and O–H groups in total. The van der Waals surface area contributed by atoms with Crippen molar-refractivity contribution in [3.63, 3.8) is 0 Å². The van der Waals surface area contributed by atoms with Crippen molar-refractivity contribution in [1.82, 2.24) is 10.2 Å². The first-order valence-electron chi connectivity index (χ1n) is 10.6. The molecule has 0 spiro atoms. The lowest BCUT2D eigenvalue weighted by atomic mass is 9.97. The molecular weight excluding hydrogens is 364 g/mol. The maximum Gasteiger partial charge on any atom is 0.251 e. The van der Waals surface area contributed by atoms with Crippen LogP contribution in [-0.4, -0.2) is 54.9 Å². The van der Waals surface area contributed by atoms with Crippen molar-refractivity contribution in [2.24, 2.45) is 5.92 Å². The Hall–Kier alpha value is -2.21. The summed E-state index contributed by atoms with van der Waals surface area (Å²) < 4.78 is 5.44. The number of fused-ring (bicyclic) bond motifs is 1. The highest BCUT2D eigenvalue weighted by atomic mass is 16.5. The Kier molecular flexibility index (Phi) is 6.60. The number of benzene rings is 2. The van der Waals surface area contributed by atoms with Gasteiger partial charge in [-0.2, -0.15) is 0 Å². The highest BCUT2D eigenvalue weighted by Crippen LogP contribution is 2.20. The summed E-state index contributed by atoms with van der Waals surface area (Å²) in [4.78, 5) is 14.8. The molecule has 2 aliphatic heterocycles. The summed E-state index contributed by atoms with van der Waals surface area (Å²) >= 11 is 0. The van der Waals surface area contributed by atoms with Crippen LogP contribution in [0.15, 0.2) is 48.5 Å². The van der Waals surface area contributed by atoms with E-state index in [0.717, 1.165) is 45.6 Å². The molecule has 2 atom stereocenters. The number of carbonyl (C=O) groups excluding carboxylic acids is 1. The summed E-state index contributed by atoms with van der Waals surface area (Å²) in [5, 5.41) is 13.3. The van der Waals surface area contributed by atoms with Crippen LogP contribution in [0.5, 0.6) is 0 Å². The standard InChI is InChI=1S/C24H30N2O3/c27-23(16-26-10-8-20-5-1-2-6-22(20)15-26)14-25-24(28)21-7-3-4-18(13-21)12-19-9-11-29-17-19/h1-7,13,19,23,27H,8-12,14-17H2,(H,25,28). The van der Waals surface area contributed by atoms with E-state index in [2.05, 4.69) is 40.5 Å². The van der Waals surface area contributed by atoms with Crippen LogP contribution >= 0.6 is 0 Å². The third-order valence-electron chi connectivity index (χ3n) is 5.91. The molecule has 1 amide bonds. The number of β-amino-alcohol motifs (C(OH)–C–C–N with tert-alkyl or cyclic N) is 1. The molecule has 5 heteroatoms. The van der Waals surface area contributed by atoms with Crippen LogP contribution in [0.2, 0.25) is 0 Å². The molecule has 0 aromatic heterocycles. The van der Waals surface area contributed by atoms with Crippen LogP contribution < -0.4 is 5.32 Å². The summed E-state index contributed by atoms with van der Waals surface area (Å²) in [6, 6.07) is 16.3. The van der Waals surface area contributed by atoms with E-state index in [0.29, 0.717) is 18.0 Å². The second-order valence-electron chi connectivity index (χ2n) is 8.25. The van der Waals surface area contributed by atoms with Crippen molar-refractivity contribution in [3.05, 3.63) is 70.8 Å². The maximum absolute atomic E-state index is 12.5. The Morgan fingerprint density at radius 2 is 2.07 bits per heavy atom. The molecule has 1 saturated heterocycles. The topological polar surface area (TPSA) is 61.8 Å². The summed E-state index contributed by atoms with van der Waals surface area (Å²) in [5.74, 6) is 0.419. The van der Waals surface area contributed by atoms with E-state index in [1.165, 1.54) is 16.7 Å². The normalized spacial score (nSPS) is 20.2. The quantitative estimate of drug-likeness (QED) is 0.757. The van der Waals surface area contributed by atoms with Gasteiger partial charge in [-0.05, 0) is 54.0 Å². The molecule has 0 radical (unpaired) electrons. The van der Waals surface area contributed by atoms with E-state index in [1.54, 1.807) is 0 Å². The smallest absolute Gasteiger partial charge is 0.251 e. The van der Waals surface area contributed by atoms with Gasteiger partial charge in [0.25, 0.3) is 5.91 Å². The first kappa shape index (κ1) is 20.1. The monoisotopic (exact) mass is 394 g/mol. The van der Waals surface area contributed by atoms with Crippen molar-refractivity contribution < 1.29 is 14.6 Å². The Morgan fingerprint density at radius 1 is 1.21 bits per heavy atom. The van der Waals surface area contributed by atoms with Gasteiger partial charge in [0.15, 0.2) is 0 Å². The van der Waals surface area contributed by atoms with Crippen molar-refractivity contribution in [3.8, 4) is 0 Å². The van der Waals surface area contributed by atoms with Gasteiger partial charge >= 0.3 is 0 Å². The van der Waals surface area contributed by atoms with Crippen LogP contribution in [0.4, 0.5) is 0 Å². The van der Waals surface area contributed by atoms with Gasteiger partial charge in [0.05, 0.1) is 6.10 Å². The average Bonchev–Trinajstić information content (AvgIpc) is 3.25. The maximum atomic E-state index is 12.5. The third kappa shape index (κ3) is 5.44. The molecule has 2 heterocycles. The van der Waals surface area contributed by atoms with Gasteiger partial charge in [0, 0.05) is 45.0 Å². The Morgan fingerprint density at radius 3 is 2.90 bits per heavy atom. The van der Waals surface area contributed by atoms with Gasteiger partial charge in [0.2, 0.25) is 0 Å². The molecule has 2 aromatic carbocycles. The van der Waals surface area contributed by atoms with Crippen LogP contribution in [0, 0.1) is 5.92 Å². The zero-order chi connectivity index (χ0) is 20.1. The summed E-state index contributed by atoms with van der Waals surface area (Å²) in [5.41, 5.74) is 4.55. The summed E-state index contributed by atoms with van der Waals surface area (Å²) in [6.45, 7) is 4.27. The van der Waals surface area contributed by atoms with Gasteiger partial charge in [-0.3, -0.25) is 9.69 Å². The fourth-order valence-corrected chi connectivity index (χ4v) is 4.30. The van der Waals surface area contributed by atoms with E-state index in [4.69, 9.17) is 4.74 Å². The second-order valence-corrected chi connectivity index (χ2v) is 8.25. The number of aliphatic hydroxyl groups excluding tert-OH is 1. The first-order valence-corrected chi connectivity index (χ1v) is 10.6. The van der Waals surface area contributed by atoms with Crippen LogP contribution in [-0.2, 0) is 24.1 Å². The first-order chi connectivity index (χ1) is 14.2. The molecule has 4 rings (SSSR count). The Bertz CT molecular complexity index is 832. The molecule has 154 valence electrons. The molecule has 2 aromatic rings. The molecule has 1 fully saturated rings. The summed E-state index contributed by atoms with van der Waals surface area (Å²) in [6.07, 6.45) is 2.46. The highest BCUT2D eigenvalue weighted by Gasteiger charge is 2.19. The van der Waals surface area contributed by atoms with Gasteiger partial charge in [-0.15, -0.1) is 0 Å². The zero-order valence-corrected chi connectivity index (χ0v) is 16.8. The van der Waals surface area contributed by atoms with Crippen LogP contribution in [0.1, 0.15) is 33.5 Å². The molecule has 0 saturated carbocycles. The molecule has 29 heavy (non-hydrogen) atoms. The number of amides is 1. The van der Waals surface area contributed by atoms with E-state index < -0.39 is 6.10 Å². The fraction of sp³-hybridized carbons (Fsp3) is 0.458. The van der Waals surface area contributed by atoms with Crippen molar-refractivity contribution >= 4 is 5.91 Å². The number of carbonyl (C=O) groups is 1. The van der Waals surface area contributed by atoms with Crippen molar-refractivity contribution in [1.29, 1.82) is 0 Å². The van der Waals surface area contributed by atoms with E-state index >= 15 is 0 Å². The molecule has 2 aliphatic rings. The Labute approximate surface area is 172 Å². The van der Waals surface area contributed by atoms with Gasteiger partial charge in [-0.25, -0.2) is 0 Å². The number of hydrogen-bond acceptors (Lipinski definition) is 4. The number of hydrogen-bond donors (Lipinski definition) is 2. The highest BCUT2D eigenvalue weighted by molar-refractivity contribution is 5.94. The lowest BCUT2D eigenvalue weighted by Gasteiger charge is -2.30. The van der Waals surface area contributed by atoms with E-state index in [-0.39, 0.29) is 12.5 Å². The van der Waals surface area contributed by atoms with Gasteiger partial charge in [0.1, 0.15) is 0 Å². The van der Waals surface area contributed by atoms with E-state index in [1.807, 2.05) is 18.2 Å². The SMILES string of the molecule is O=C(NCC(O)CN1CCc2ccccc2C1)c1cccc(CC2CCOC2)c1. The number of ether oxygens (including phenoxy) is 1. The lowest BCUT2D eigenvalue weighted by Crippen LogP contribution is -2.42. The predicted molar refractivity (Wildman–Crippen MR) is 113 cm³/mol. The largest absolute Gasteiger partial charge is 0.390 e. The molecule has 0 bridgehead atoms. The lowest BCUT2D eigenvalue weighted by molar-refractivity contribution is 0.0842. The van der Waals surface area contributed by atoms with Crippen LogP contribution in [0.3, 0.4) is 0 Å². The number of nitrogens with one attached hydrogen (secondary N) is 1. The second kappa shape index (κ2) is 9.53. The minimum absolute atomic E-state index is 0.127. The molecular formula is C24H30N2O3. The minimum Gasteiger partial charge on any atom is -0.390 e. The van der Waals surface area contributed by atoms with Crippen molar-refractivity contribution in [2.45, 2.75) is 31.9 Å². The average molecular weight is 395 g/mol. The fourth-order valence-electron chi connectivity index (χ4n) is 4.30. The predicted octanol–water partition coefficient (Wildman–Crippen LogP) is 2.41. The molecule has 5 nitrogen and oxygen atoms in total. The van der Waals surface area contributed by atoms with Crippen LogP contribution in [0.25, 0.3) is 0 Å².